The van der Waals surface area contributed by atoms with Gasteiger partial charge in [0.1, 0.15) is 0 Å². The second-order valence-electron chi connectivity index (χ2n) is 7.37. The molecule has 2 heterocycles. The first-order chi connectivity index (χ1) is 13.9. The Morgan fingerprint density at radius 1 is 1.10 bits per heavy atom. The molecule has 4 rings (SSSR count). The van der Waals surface area contributed by atoms with E-state index in [1.165, 1.54) is 0 Å². The Bertz CT molecular complexity index is 1220. The summed E-state index contributed by atoms with van der Waals surface area (Å²) in [7, 11) is 0. The molecule has 5 heteroatoms. The zero-order valence-corrected chi connectivity index (χ0v) is 17.3. The molecule has 0 saturated carbocycles. The number of hydrogen-bond acceptors (Lipinski definition) is 2. The van der Waals surface area contributed by atoms with Crippen LogP contribution < -0.4 is 0 Å². The number of carboxylic acid groups (broad SMARTS) is 1. The van der Waals surface area contributed by atoms with Gasteiger partial charge in [0, 0.05) is 40.4 Å². The number of rotatable bonds is 4. The number of fused-ring (bicyclic) bond motifs is 1. The molecular formula is C24H21ClN2O2. The summed E-state index contributed by atoms with van der Waals surface area (Å²) in [6.45, 7) is 6.42. The minimum atomic E-state index is -0.889. The number of carbonyl (C=O) groups is 1. The standard InChI is InChI=1S/C24H21ClN2O2/c1-14-9-17(10-15(2)22(14)24(28)29)13-27-21-7-6-19(25)11-20(21)16(3)23(27)18-5-4-8-26-12-18/h4-12H,13H2,1-3H3,(H,28,29). The van der Waals surface area contributed by atoms with Crippen LogP contribution in [0, 0.1) is 20.8 Å². The van der Waals surface area contributed by atoms with Crippen LogP contribution in [-0.4, -0.2) is 20.6 Å². The summed E-state index contributed by atoms with van der Waals surface area (Å²) >= 11 is 6.27. The summed E-state index contributed by atoms with van der Waals surface area (Å²) < 4.78 is 2.26. The Morgan fingerprint density at radius 3 is 2.45 bits per heavy atom. The van der Waals surface area contributed by atoms with Crippen LogP contribution in [0.4, 0.5) is 0 Å². The van der Waals surface area contributed by atoms with Crippen molar-refractivity contribution in [2.45, 2.75) is 27.3 Å². The van der Waals surface area contributed by atoms with Crippen molar-refractivity contribution in [1.82, 2.24) is 9.55 Å². The van der Waals surface area contributed by atoms with Crippen molar-refractivity contribution in [3.63, 3.8) is 0 Å². The molecule has 4 nitrogen and oxygen atoms in total. The Labute approximate surface area is 174 Å². The molecule has 0 fully saturated rings. The van der Waals surface area contributed by atoms with E-state index < -0.39 is 5.97 Å². The second kappa shape index (κ2) is 7.37. The predicted octanol–water partition coefficient (Wildman–Crippen LogP) is 6.03. The third-order valence-electron chi connectivity index (χ3n) is 5.36. The summed E-state index contributed by atoms with van der Waals surface area (Å²) in [4.78, 5) is 15.8. The second-order valence-corrected chi connectivity index (χ2v) is 7.81. The van der Waals surface area contributed by atoms with Gasteiger partial charge < -0.3 is 9.67 Å². The van der Waals surface area contributed by atoms with Gasteiger partial charge in [-0.05, 0) is 73.4 Å². The van der Waals surface area contributed by atoms with Gasteiger partial charge in [0.15, 0.2) is 0 Å². The summed E-state index contributed by atoms with van der Waals surface area (Å²) in [5.41, 5.74) is 7.33. The van der Waals surface area contributed by atoms with Crippen LogP contribution >= 0.6 is 11.6 Å². The van der Waals surface area contributed by atoms with Crippen LogP contribution in [0.15, 0.2) is 54.9 Å². The van der Waals surface area contributed by atoms with Gasteiger partial charge in [-0.1, -0.05) is 23.7 Å². The van der Waals surface area contributed by atoms with E-state index in [1.54, 1.807) is 6.20 Å². The van der Waals surface area contributed by atoms with E-state index in [2.05, 4.69) is 22.5 Å². The number of halogens is 1. The molecule has 0 atom stereocenters. The fourth-order valence-electron chi connectivity index (χ4n) is 4.20. The van der Waals surface area contributed by atoms with Crippen molar-refractivity contribution < 1.29 is 9.90 Å². The first-order valence-electron chi connectivity index (χ1n) is 9.39. The Morgan fingerprint density at radius 2 is 1.83 bits per heavy atom. The lowest BCUT2D eigenvalue weighted by Gasteiger charge is -2.14. The van der Waals surface area contributed by atoms with Crippen molar-refractivity contribution in [1.29, 1.82) is 0 Å². The fraction of sp³-hybridized carbons (Fsp3) is 0.167. The zero-order chi connectivity index (χ0) is 20.7. The van der Waals surface area contributed by atoms with Crippen LogP contribution in [0.25, 0.3) is 22.2 Å². The SMILES string of the molecule is Cc1cc(Cn2c(-c3cccnc3)c(C)c3cc(Cl)ccc32)cc(C)c1C(=O)O. The lowest BCUT2D eigenvalue weighted by molar-refractivity contribution is 0.0695. The van der Waals surface area contributed by atoms with Crippen LogP contribution in [0.3, 0.4) is 0 Å². The van der Waals surface area contributed by atoms with E-state index in [-0.39, 0.29) is 0 Å². The molecule has 29 heavy (non-hydrogen) atoms. The van der Waals surface area contributed by atoms with E-state index in [0.717, 1.165) is 44.4 Å². The molecule has 0 radical (unpaired) electrons. The van der Waals surface area contributed by atoms with Crippen molar-refractivity contribution in [3.8, 4) is 11.3 Å². The molecule has 0 spiro atoms. The number of aryl methyl sites for hydroxylation is 3. The molecule has 0 saturated heterocycles. The summed E-state index contributed by atoms with van der Waals surface area (Å²) in [5, 5.41) is 11.3. The van der Waals surface area contributed by atoms with E-state index in [9.17, 15) is 9.90 Å². The first-order valence-corrected chi connectivity index (χ1v) is 9.76. The maximum atomic E-state index is 11.5. The van der Waals surface area contributed by atoms with Gasteiger partial charge >= 0.3 is 5.97 Å². The average Bonchev–Trinajstić information content (AvgIpc) is 2.93. The summed E-state index contributed by atoms with van der Waals surface area (Å²) in [6.07, 6.45) is 3.63. The number of benzene rings is 2. The first kappa shape index (κ1) is 19.2. The molecule has 0 unspecified atom stereocenters. The monoisotopic (exact) mass is 404 g/mol. The van der Waals surface area contributed by atoms with Crippen molar-refractivity contribution >= 4 is 28.5 Å². The molecule has 146 valence electrons. The highest BCUT2D eigenvalue weighted by Gasteiger charge is 2.18. The van der Waals surface area contributed by atoms with Crippen molar-refractivity contribution in [2.75, 3.05) is 0 Å². The van der Waals surface area contributed by atoms with Gasteiger partial charge in [-0.25, -0.2) is 4.79 Å². The molecule has 4 aromatic rings. The minimum absolute atomic E-state index is 0.376. The number of hydrogen-bond donors (Lipinski definition) is 1. The number of carboxylic acids is 1. The van der Waals surface area contributed by atoms with Crippen LogP contribution in [0.1, 0.15) is 32.6 Å². The largest absolute Gasteiger partial charge is 0.478 e. The Kier molecular flexibility index (Phi) is 4.89. The summed E-state index contributed by atoms with van der Waals surface area (Å²) in [5.74, 6) is -0.889. The van der Waals surface area contributed by atoms with Crippen molar-refractivity contribution in [3.05, 3.63) is 87.7 Å². The Hall–Kier alpha value is -3.11. The van der Waals surface area contributed by atoms with Gasteiger partial charge in [-0.3, -0.25) is 4.98 Å². The third kappa shape index (κ3) is 3.40. The van der Waals surface area contributed by atoms with Crippen LogP contribution in [0.2, 0.25) is 5.02 Å². The molecule has 0 aliphatic carbocycles. The maximum absolute atomic E-state index is 11.5. The molecule has 2 aromatic heterocycles. The van der Waals surface area contributed by atoms with E-state index in [1.807, 2.05) is 56.4 Å². The van der Waals surface area contributed by atoms with Gasteiger partial charge in [0.05, 0.1) is 11.3 Å². The van der Waals surface area contributed by atoms with Gasteiger partial charge in [0.25, 0.3) is 0 Å². The number of aromatic nitrogens is 2. The molecule has 2 aromatic carbocycles. The normalized spacial score (nSPS) is 11.2. The Balaban J connectivity index is 1.93. The van der Waals surface area contributed by atoms with E-state index in [4.69, 9.17) is 11.6 Å². The highest BCUT2D eigenvalue weighted by atomic mass is 35.5. The number of nitrogens with zero attached hydrogens (tertiary/aromatic N) is 2. The van der Waals surface area contributed by atoms with E-state index >= 15 is 0 Å². The van der Waals surface area contributed by atoms with Gasteiger partial charge in [-0.2, -0.15) is 0 Å². The highest BCUT2D eigenvalue weighted by Crippen LogP contribution is 2.35. The zero-order valence-electron chi connectivity index (χ0n) is 16.5. The minimum Gasteiger partial charge on any atom is -0.478 e. The average molecular weight is 405 g/mol. The molecule has 0 amide bonds. The number of aromatic carboxylic acids is 1. The lowest BCUT2D eigenvalue weighted by atomic mass is 9.99. The maximum Gasteiger partial charge on any atom is 0.336 e. The number of pyridine rings is 1. The molecule has 0 aliphatic rings. The molecule has 1 N–H and O–H groups in total. The summed E-state index contributed by atoms with van der Waals surface area (Å²) in [6, 6.07) is 13.8. The van der Waals surface area contributed by atoms with Crippen molar-refractivity contribution in [2.24, 2.45) is 0 Å². The predicted molar refractivity (Wildman–Crippen MR) is 117 cm³/mol. The highest BCUT2D eigenvalue weighted by molar-refractivity contribution is 6.31. The van der Waals surface area contributed by atoms with E-state index in [0.29, 0.717) is 17.1 Å². The fourth-order valence-corrected chi connectivity index (χ4v) is 4.37. The van der Waals surface area contributed by atoms with Crippen LogP contribution in [-0.2, 0) is 6.54 Å². The third-order valence-corrected chi connectivity index (χ3v) is 5.60. The quantitative estimate of drug-likeness (QED) is 0.452. The van der Waals surface area contributed by atoms with Crippen LogP contribution in [0.5, 0.6) is 0 Å². The lowest BCUT2D eigenvalue weighted by Crippen LogP contribution is -2.07. The van der Waals surface area contributed by atoms with Gasteiger partial charge in [-0.15, -0.1) is 0 Å². The van der Waals surface area contributed by atoms with Gasteiger partial charge in [0.2, 0.25) is 0 Å². The molecule has 0 bridgehead atoms. The molecular weight excluding hydrogens is 384 g/mol. The molecule has 0 aliphatic heterocycles. The smallest absolute Gasteiger partial charge is 0.336 e. The topological polar surface area (TPSA) is 55.1 Å².